The number of nitrogens with one attached hydrogen (secondary N) is 4. The van der Waals surface area contributed by atoms with Crippen LogP contribution in [-0.2, 0) is 19.1 Å². The molecule has 0 saturated carbocycles. The van der Waals surface area contributed by atoms with Crippen LogP contribution in [0, 0.1) is 35.4 Å². The van der Waals surface area contributed by atoms with Crippen molar-refractivity contribution in [2.24, 2.45) is 5.92 Å². The minimum atomic E-state index is -0.942. The minimum absolute atomic E-state index is 0. The van der Waals surface area contributed by atoms with E-state index in [0.717, 1.165) is 18.4 Å². The van der Waals surface area contributed by atoms with E-state index >= 15 is 4.39 Å². The highest BCUT2D eigenvalue weighted by Gasteiger charge is 2.39. The minimum Gasteiger partial charge on any atom is -0.453 e. The van der Waals surface area contributed by atoms with Gasteiger partial charge < -0.3 is 39.9 Å². The zero-order valence-corrected chi connectivity index (χ0v) is 37.3. The number of carbonyl (C=O) groups excluding carboxylic acids is 4. The molecule has 0 bridgehead atoms. The average Bonchev–Trinajstić information content (AvgIpc) is 4.14. The van der Waals surface area contributed by atoms with Crippen LogP contribution < -0.4 is 10.6 Å². The lowest BCUT2D eigenvalue weighted by atomic mass is 9.96. The molecule has 17 heteroatoms. The molecule has 334 valence electrons. The number of hydrogen-bond acceptors (Lipinski definition) is 8. The summed E-state index contributed by atoms with van der Waals surface area (Å²) < 4.78 is 25.7. The fraction of sp³-hybridized carbons (Fsp3) is 0.319. The maximum atomic E-state index is 16.2. The molecule has 4 N–H and O–H groups in total. The van der Waals surface area contributed by atoms with Crippen LogP contribution in [0.3, 0.4) is 0 Å². The molecule has 2 fully saturated rings. The molecule has 14 nitrogen and oxygen atoms in total. The summed E-state index contributed by atoms with van der Waals surface area (Å²) in [6.45, 7) is 4.70. The SMILES string of the molecule is COC(=O)NC(C(=O)N1CCCC1c1ncc(C#CC#Cc2c(F)cc(-c3cnc(C4CCCN4C(=O)[C@@H](NC(=O)OC)C(C)C)[nH]3)cc2-c2ccccc2)[nH]1)c1ccccc1.Cl.Cl. The largest absolute Gasteiger partial charge is 0.453 e. The molecule has 0 aliphatic carbocycles. The first-order valence-corrected chi connectivity index (χ1v) is 20.4. The lowest BCUT2D eigenvalue weighted by Gasteiger charge is -2.30. The number of alkyl carbamates (subject to hydrolysis) is 2. The second-order valence-corrected chi connectivity index (χ2v) is 15.3. The summed E-state index contributed by atoms with van der Waals surface area (Å²) in [5.74, 6) is 11.4. The van der Waals surface area contributed by atoms with E-state index in [2.05, 4.69) is 54.3 Å². The second-order valence-electron chi connectivity index (χ2n) is 15.3. The van der Waals surface area contributed by atoms with Crippen molar-refractivity contribution in [1.82, 2.24) is 40.4 Å². The van der Waals surface area contributed by atoms with Crippen molar-refractivity contribution < 1.29 is 33.0 Å². The molecular formula is C47H49Cl2FN8O6. The number of ether oxygens (including phenoxy) is 2. The standard InChI is InChI=1S/C47H47FN8O6.2ClH/c1-29(2)40(53-46(59)61-3)44(57)55-23-14-22-39(55)43-50-28-37(52-43)32-25-35(30-15-7-5-8-16-30)34(36(48)26-32)20-12-11-19-33-27-49-42(51-33)38-21-13-24-56(38)45(58)41(54-47(60)62-4)31-17-9-6-10-18-31;;/h5-10,15-18,25-29,38-41H,13-14,21-24H2,1-4H3,(H,49,51)(H,50,52)(H,53,59)(H,54,60);2*1H/t38?,39?,40-,41?;;/m0../s1. The van der Waals surface area contributed by atoms with Crippen molar-refractivity contribution in [3.05, 3.63) is 119 Å². The number of rotatable bonds is 10. The Labute approximate surface area is 383 Å². The number of likely N-dealkylation sites (tertiary alicyclic amines) is 2. The molecule has 4 amide bonds. The number of methoxy groups -OCH3 is 2. The normalized spacial score (nSPS) is 16.2. The van der Waals surface area contributed by atoms with Crippen LogP contribution in [0.4, 0.5) is 14.0 Å². The van der Waals surface area contributed by atoms with Crippen molar-refractivity contribution in [1.29, 1.82) is 0 Å². The lowest BCUT2D eigenvalue weighted by Crippen LogP contribution is -2.51. The van der Waals surface area contributed by atoms with Crippen LogP contribution in [0.1, 0.15) is 86.1 Å². The Bertz CT molecular complexity index is 2560. The zero-order chi connectivity index (χ0) is 43.8. The Kier molecular flexibility index (Phi) is 16.6. The number of imidazole rings is 2. The molecule has 4 atom stereocenters. The first-order valence-electron chi connectivity index (χ1n) is 20.4. The van der Waals surface area contributed by atoms with Gasteiger partial charge in [-0.15, -0.1) is 24.8 Å². The van der Waals surface area contributed by atoms with E-state index < -0.39 is 30.1 Å². The van der Waals surface area contributed by atoms with Gasteiger partial charge in [0.1, 0.15) is 35.2 Å². The maximum Gasteiger partial charge on any atom is 0.407 e. The number of halogens is 3. The fourth-order valence-corrected chi connectivity index (χ4v) is 7.93. The number of H-pyrrole nitrogens is 2. The van der Waals surface area contributed by atoms with Crippen molar-refractivity contribution in [2.75, 3.05) is 27.3 Å². The summed E-state index contributed by atoms with van der Waals surface area (Å²) in [5.41, 5.74) is 3.68. The highest BCUT2D eigenvalue weighted by Crippen LogP contribution is 2.36. The van der Waals surface area contributed by atoms with Gasteiger partial charge in [0.15, 0.2) is 0 Å². The van der Waals surface area contributed by atoms with E-state index in [1.165, 1.54) is 20.3 Å². The third-order valence-electron chi connectivity index (χ3n) is 11.0. The van der Waals surface area contributed by atoms with Gasteiger partial charge in [-0.05, 0) is 78.5 Å². The molecule has 7 rings (SSSR count). The molecule has 3 aromatic carbocycles. The van der Waals surface area contributed by atoms with Crippen LogP contribution in [0.15, 0.2) is 85.2 Å². The molecular weight excluding hydrogens is 862 g/mol. The molecule has 5 aromatic rings. The Balaban J connectivity index is 0.00000385. The Morgan fingerprint density at radius 2 is 1.33 bits per heavy atom. The number of amides is 4. The molecule has 64 heavy (non-hydrogen) atoms. The third-order valence-corrected chi connectivity index (χ3v) is 11.0. The summed E-state index contributed by atoms with van der Waals surface area (Å²) in [4.78, 5) is 70.9. The van der Waals surface area contributed by atoms with Gasteiger partial charge in [0.05, 0.1) is 50.0 Å². The molecule has 2 aliphatic rings. The maximum absolute atomic E-state index is 16.2. The van der Waals surface area contributed by atoms with Gasteiger partial charge in [-0.1, -0.05) is 74.5 Å². The molecule has 3 unspecified atom stereocenters. The van der Waals surface area contributed by atoms with Gasteiger partial charge in [0, 0.05) is 24.2 Å². The highest BCUT2D eigenvalue weighted by molar-refractivity contribution is 5.88. The van der Waals surface area contributed by atoms with E-state index in [1.54, 1.807) is 46.5 Å². The number of benzene rings is 3. The lowest BCUT2D eigenvalue weighted by molar-refractivity contribution is -0.135. The summed E-state index contributed by atoms with van der Waals surface area (Å²) in [6.07, 6.45) is 4.64. The summed E-state index contributed by atoms with van der Waals surface area (Å²) in [6, 6.07) is 19.1. The molecule has 2 aliphatic heterocycles. The first-order chi connectivity index (χ1) is 30.1. The number of nitrogens with zero attached hydrogens (tertiary/aromatic N) is 4. The van der Waals surface area contributed by atoms with E-state index in [0.29, 0.717) is 65.7 Å². The predicted molar refractivity (Wildman–Crippen MR) is 243 cm³/mol. The molecule has 2 saturated heterocycles. The Morgan fingerprint density at radius 1 is 0.750 bits per heavy atom. The van der Waals surface area contributed by atoms with Gasteiger partial charge in [-0.3, -0.25) is 9.59 Å². The number of aromatic amines is 2. The van der Waals surface area contributed by atoms with Gasteiger partial charge in [-0.25, -0.2) is 23.9 Å². The second kappa shape index (κ2) is 22.0. The van der Waals surface area contributed by atoms with Crippen molar-refractivity contribution in [3.63, 3.8) is 0 Å². The van der Waals surface area contributed by atoms with Crippen LogP contribution in [0.2, 0.25) is 0 Å². The average molecular weight is 912 g/mol. The first kappa shape index (κ1) is 48.2. The van der Waals surface area contributed by atoms with E-state index in [-0.39, 0.29) is 60.2 Å². The van der Waals surface area contributed by atoms with E-state index in [9.17, 15) is 19.2 Å². The molecule has 0 spiro atoms. The van der Waals surface area contributed by atoms with Gasteiger partial charge >= 0.3 is 12.2 Å². The molecule has 0 radical (unpaired) electrons. The number of aromatic nitrogens is 4. The van der Waals surface area contributed by atoms with Gasteiger partial charge in [0.2, 0.25) is 5.91 Å². The van der Waals surface area contributed by atoms with Crippen LogP contribution >= 0.6 is 24.8 Å². The molecule has 4 heterocycles. The highest BCUT2D eigenvalue weighted by atomic mass is 35.5. The Morgan fingerprint density at radius 3 is 1.97 bits per heavy atom. The van der Waals surface area contributed by atoms with Crippen molar-refractivity contribution >= 4 is 48.8 Å². The quantitative estimate of drug-likeness (QED) is 0.103. The van der Waals surface area contributed by atoms with E-state index in [1.807, 2.05) is 56.3 Å². The summed E-state index contributed by atoms with van der Waals surface area (Å²) in [7, 11) is 2.51. The van der Waals surface area contributed by atoms with Crippen molar-refractivity contribution in [3.8, 4) is 46.1 Å². The predicted octanol–water partition coefficient (Wildman–Crippen LogP) is 7.66. The van der Waals surface area contributed by atoms with E-state index in [4.69, 9.17) is 9.47 Å². The Hall–Kier alpha value is -6.81. The van der Waals surface area contributed by atoms with Crippen LogP contribution in [-0.4, -0.2) is 87.1 Å². The van der Waals surface area contributed by atoms with Crippen molar-refractivity contribution in [2.45, 2.75) is 63.7 Å². The smallest absolute Gasteiger partial charge is 0.407 e. The van der Waals surface area contributed by atoms with Gasteiger partial charge in [0.25, 0.3) is 5.91 Å². The fourth-order valence-electron chi connectivity index (χ4n) is 7.93. The summed E-state index contributed by atoms with van der Waals surface area (Å²) >= 11 is 0. The van der Waals surface area contributed by atoms with Crippen LogP contribution in [0.5, 0.6) is 0 Å². The third kappa shape index (κ3) is 10.9. The number of hydrogen-bond donors (Lipinski definition) is 4. The van der Waals surface area contributed by atoms with Gasteiger partial charge in [-0.2, -0.15) is 0 Å². The molecule has 2 aromatic heterocycles. The topological polar surface area (TPSA) is 175 Å². The monoisotopic (exact) mass is 910 g/mol. The number of carbonyl (C=O) groups is 4. The zero-order valence-electron chi connectivity index (χ0n) is 35.6. The summed E-state index contributed by atoms with van der Waals surface area (Å²) in [5, 5.41) is 5.33. The van der Waals surface area contributed by atoms with Crippen LogP contribution in [0.25, 0.3) is 22.4 Å².